The number of ether oxygens (including phenoxy) is 1. The first-order chi connectivity index (χ1) is 9.96. The van der Waals surface area contributed by atoms with Crippen molar-refractivity contribution >= 4 is 6.09 Å². The summed E-state index contributed by atoms with van der Waals surface area (Å²) >= 11 is 0. The van der Waals surface area contributed by atoms with Crippen molar-refractivity contribution in [1.82, 2.24) is 5.32 Å². The van der Waals surface area contributed by atoms with Gasteiger partial charge in [-0.1, -0.05) is 30.3 Å². The Bertz CT molecular complexity index is 567. The minimum Gasteiger partial charge on any atom is -0.467 e. The molecule has 1 aromatic carbocycles. The van der Waals surface area contributed by atoms with Crippen molar-refractivity contribution < 1.29 is 27.1 Å². The SMILES string of the molecule is O=C(NC(c1ccccc1)c1ccco1)OCC(F)(F)F. The van der Waals surface area contributed by atoms with Crippen molar-refractivity contribution in [1.29, 1.82) is 0 Å². The van der Waals surface area contributed by atoms with E-state index in [2.05, 4.69) is 10.1 Å². The van der Waals surface area contributed by atoms with Gasteiger partial charge in [-0.05, 0) is 17.7 Å². The van der Waals surface area contributed by atoms with Crippen LogP contribution in [0, 0.1) is 0 Å². The first kappa shape index (κ1) is 15.0. The van der Waals surface area contributed by atoms with Crippen LogP contribution in [-0.2, 0) is 4.74 Å². The highest BCUT2D eigenvalue weighted by atomic mass is 19.4. The lowest BCUT2D eigenvalue weighted by atomic mass is 10.1. The number of alkyl halides is 3. The molecular formula is C14H12F3NO3. The van der Waals surface area contributed by atoms with Gasteiger partial charge in [0, 0.05) is 0 Å². The normalized spacial score (nSPS) is 12.7. The number of alkyl carbamates (subject to hydrolysis) is 1. The molecule has 2 aromatic rings. The van der Waals surface area contributed by atoms with E-state index in [4.69, 9.17) is 4.42 Å². The van der Waals surface area contributed by atoms with Gasteiger partial charge in [0.05, 0.1) is 6.26 Å². The number of carbonyl (C=O) groups is 1. The quantitative estimate of drug-likeness (QED) is 0.937. The highest BCUT2D eigenvalue weighted by Gasteiger charge is 2.30. The first-order valence-electron chi connectivity index (χ1n) is 6.04. The second-order valence-electron chi connectivity index (χ2n) is 4.19. The number of hydrogen-bond acceptors (Lipinski definition) is 3. The zero-order valence-electron chi connectivity index (χ0n) is 10.8. The Morgan fingerprint density at radius 3 is 2.48 bits per heavy atom. The molecule has 0 aliphatic carbocycles. The molecule has 0 saturated heterocycles. The Hall–Kier alpha value is -2.44. The number of benzene rings is 1. The Morgan fingerprint density at radius 2 is 1.90 bits per heavy atom. The Balaban J connectivity index is 2.09. The molecule has 1 unspecified atom stereocenters. The molecule has 0 fully saturated rings. The Labute approximate surface area is 118 Å². The van der Waals surface area contributed by atoms with Crippen LogP contribution in [0.2, 0.25) is 0 Å². The molecule has 1 atom stereocenters. The van der Waals surface area contributed by atoms with Gasteiger partial charge in [0.15, 0.2) is 6.61 Å². The highest BCUT2D eigenvalue weighted by molar-refractivity contribution is 5.68. The number of hydrogen-bond donors (Lipinski definition) is 1. The van der Waals surface area contributed by atoms with E-state index in [1.54, 1.807) is 42.5 Å². The molecule has 0 spiro atoms. The van der Waals surface area contributed by atoms with Crippen LogP contribution in [0.15, 0.2) is 53.1 Å². The molecule has 0 bridgehead atoms. The van der Waals surface area contributed by atoms with Crippen LogP contribution in [0.25, 0.3) is 0 Å². The van der Waals surface area contributed by atoms with Gasteiger partial charge in [-0.2, -0.15) is 13.2 Å². The van der Waals surface area contributed by atoms with Gasteiger partial charge in [0.25, 0.3) is 0 Å². The minimum absolute atomic E-state index is 0.394. The van der Waals surface area contributed by atoms with Crippen molar-refractivity contribution in [2.45, 2.75) is 12.2 Å². The number of rotatable bonds is 4. The zero-order chi connectivity index (χ0) is 15.3. The maximum Gasteiger partial charge on any atom is 0.422 e. The third-order valence-corrected chi connectivity index (χ3v) is 2.59. The number of halogens is 3. The van der Waals surface area contributed by atoms with Crippen LogP contribution in [0.1, 0.15) is 17.4 Å². The molecule has 21 heavy (non-hydrogen) atoms. The average Bonchev–Trinajstić information content (AvgIpc) is 2.96. The van der Waals surface area contributed by atoms with E-state index in [-0.39, 0.29) is 0 Å². The van der Waals surface area contributed by atoms with E-state index in [1.807, 2.05) is 0 Å². The lowest BCUT2D eigenvalue weighted by molar-refractivity contribution is -0.160. The second kappa shape index (κ2) is 6.34. The molecule has 0 radical (unpaired) electrons. The maximum atomic E-state index is 12.0. The molecule has 0 aliphatic rings. The highest BCUT2D eigenvalue weighted by Crippen LogP contribution is 2.22. The first-order valence-corrected chi connectivity index (χ1v) is 6.04. The minimum atomic E-state index is -4.57. The summed E-state index contributed by atoms with van der Waals surface area (Å²) in [5.74, 6) is 0.394. The van der Waals surface area contributed by atoms with Crippen molar-refractivity contribution in [3.63, 3.8) is 0 Å². The number of furan rings is 1. The summed E-state index contributed by atoms with van der Waals surface area (Å²) in [7, 11) is 0. The lowest BCUT2D eigenvalue weighted by Crippen LogP contribution is -2.32. The predicted molar refractivity (Wildman–Crippen MR) is 67.5 cm³/mol. The third kappa shape index (κ3) is 4.55. The smallest absolute Gasteiger partial charge is 0.422 e. The molecule has 1 amide bonds. The lowest BCUT2D eigenvalue weighted by Gasteiger charge is -2.17. The van der Waals surface area contributed by atoms with E-state index in [1.165, 1.54) is 6.26 Å². The fourth-order valence-electron chi connectivity index (χ4n) is 1.73. The van der Waals surface area contributed by atoms with Crippen LogP contribution in [0.3, 0.4) is 0 Å². The number of amides is 1. The standard InChI is InChI=1S/C14H12F3NO3/c15-14(16,17)9-21-13(19)18-12(11-7-4-8-20-11)10-5-2-1-3-6-10/h1-8,12H,9H2,(H,18,19). The Kier molecular flexibility index (Phi) is 4.52. The van der Waals surface area contributed by atoms with E-state index < -0.39 is 24.9 Å². The number of carbonyl (C=O) groups excluding carboxylic acids is 1. The van der Waals surface area contributed by atoms with Crippen LogP contribution < -0.4 is 5.32 Å². The molecule has 0 saturated carbocycles. The molecule has 4 nitrogen and oxygen atoms in total. The molecule has 0 aliphatic heterocycles. The topological polar surface area (TPSA) is 51.5 Å². The van der Waals surface area contributed by atoms with Crippen LogP contribution in [0.4, 0.5) is 18.0 Å². The molecule has 1 aromatic heterocycles. The zero-order valence-corrected chi connectivity index (χ0v) is 10.8. The van der Waals surface area contributed by atoms with Crippen molar-refractivity contribution in [2.75, 3.05) is 6.61 Å². The van der Waals surface area contributed by atoms with E-state index in [0.717, 1.165) is 0 Å². The molecule has 1 N–H and O–H groups in total. The number of nitrogens with one attached hydrogen (secondary N) is 1. The fraction of sp³-hybridized carbons (Fsp3) is 0.214. The largest absolute Gasteiger partial charge is 0.467 e. The fourth-order valence-corrected chi connectivity index (χ4v) is 1.73. The molecular weight excluding hydrogens is 287 g/mol. The van der Waals surface area contributed by atoms with E-state index in [0.29, 0.717) is 11.3 Å². The van der Waals surface area contributed by atoms with Gasteiger partial charge in [0.1, 0.15) is 11.8 Å². The second-order valence-corrected chi connectivity index (χ2v) is 4.19. The van der Waals surface area contributed by atoms with Gasteiger partial charge in [0.2, 0.25) is 0 Å². The summed E-state index contributed by atoms with van der Waals surface area (Å²) in [6.45, 7) is -1.64. The van der Waals surface area contributed by atoms with Crippen molar-refractivity contribution in [2.24, 2.45) is 0 Å². The van der Waals surface area contributed by atoms with Gasteiger partial charge in [-0.25, -0.2) is 4.79 Å². The predicted octanol–water partition coefficient (Wildman–Crippen LogP) is 3.66. The van der Waals surface area contributed by atoms with Crippen molar-refractivity contribution in [3.05, 3.63) is 60.1 Å². The summed E-state index contributed by atoms with van der Waals surface area (Å²) in [6.07, 6.45) is -4.32. The van der Waals surface area contributed by atoms with Gasteiger partial charge in [-0.15, -0.1) is 0 Å². The van der Waals surface area contributed by atoms with Gasteiger partial charge < -0.3 is 14.5 Å². The average molecular weight is 299 g/mol. The van der Waals surface area contributed by atoms with Crippen LogP contribution >= 0.6 is 0 Å². The summed E-state index contributed by atoms with van der Waals surface area (Å²) in [6, 6.07) is 11.2. The van der Waals surface area contributed by atoms with Crippen LogP contribution in [0.5, 0.6) is 0 Å². The molecule has 1 heterocycles. The Morgan fingerprint density at radius 1 is 1.19 bits per heavy atom. The van der Waals surface area contributed by atoms with E-state index in [9.17, 15) is 18.0 Å². The monoisotopic (exact) mass is 299 g/mol. The summed E-state index contributed by atoms with van der Waals surface area (Å²) in [5.41, 5.74) is 0.663. The van der Waals surface area contributed by atoms with Crippen LogP contribution in [-0.4, -0.2) is 18.9 Å². The van der Waals surface area contributed by atoms with E-state index >= 15 is 0 Å². The molecule has 2 rings (SSSR count). The van der Waals surface area contributed by atoms with Crippen molar-refractivity contribution in [3.8, 4) is 0 Å². The van der Waals surface area contributed by atoms with Gasteiger partial charge in [-0.3, -0.25) is 0 Å². The maximum absolute atomic E-state index is 12.0. The molecule has 7 heteroatoms. The summed E-state index contributed by atoms with van der Waals surface area (Å²) < 4.78 is 45.4. The summed E-state index contributed by atoms with van der Waals surface area (Å²) in [5, 5.41) is 2.35. The molecule has 112 valence electrons. The third-order valence-electron chi connectivity index (χ3n) is 2.59. The van der Waals surface area contributed by atoms with Gasteiger partial charge >= 0.3 is 12.3 Å². The summed E-state index contributed by atoms with van der Waals surface area (Å²) in [4.78, 5) is 11.5.